The van der Waals surface area contributed by atoms with E-state index in [1.54, 1.807) is 6.07 Å². The lowest BCUT2D eigenvalue weighted by Gasteiger charge is -2.49. The normalized spacial score (nSPS) is 44.8. The van der Waals surface area contributed by atoms with Gasteiger partial charge in [0.15, 0.2) is 0 Å². The molecule has 6 atom stereocenters. The van der Waals surface area contributed by atoms with Gasteiger partial charge in [-0.1, -0.05) is 13.0 Å². The highest BCUT2D eigenvalue weighted by Gasteiger charge is 2.57. The van der Waals surface area contributed by atoms with E-state index in [1.807, 2.05) is 6.07 Å². The van der Waals surface area contributed by atoms with Gasteiger partial charge in [0.1, 0.15) is 5.75 Å². The second kappa shape index (κ2) is 4.47. The van der Waals surface area contributed by atoms with E-state index >= 15 is 0 Å². The van der Waals surface area contributed by atoms with Crippen molar-refractivity contribution < 1.29 is 15.3 Å². The largest absolute Gasteiger partial charge is 0.508 e. The molecule has 0 aliphatic heterocycles. The van der Waals surface area contributed by atoms with Crippen molar-refractivity contribution in [2.24, 2.45) is 17.3 Å². The zero-order valence-corrected chi connectivity index (χ0v) is 12.5. The molecule has 3 aliphatic rings. The van der Waals surface area contributed by atoms with E-state index in [2.05, 4.69) is 13.0 Å². The van der Waals surface area contributed by atoms with E-state index in [0.717, 1.165) is 32.1 Å². The lowest BCUT2D eigenvalue weighted by Crippen LogP contribution is -2.44. The summed E-state index contributed by atoms with van der Waals surface area (Å²) in [5.41, 5.74) is 2.57. The van der Waals surface area contributed by atoms with Crippen LogP contribution in [0.3, 0.4) is 0 Å². The minimum Gasteiger partial charge on any atom is -0.508 e. The number of aliphatic hydroxyl groups excluding tert-OH is 2. The molecular weight excluding hydrogens is 264 g/mol. The van der Waals surface area contributed by atoms with Gasteiger partial charge < -0.3 is 15.3 Å². The van der Waals surface area contributed by atoms with Gasteiger partial charge in [0.25, 0.3) is 0 Å². The van der Waals surface area contributed by atoms with E-state index in [0.29, 0.717) is 23.5 Å². The van der Waals surface area contributed by atoms with Gasteiger partial charge in [-0.05, 0) is 78.5 Å². The Morgan fingerprint density at radius 2 is 2.00 bits per heavy atom. The van der Waals surface area contributed by atoms with Crippen LogP contribution in [0.1, 0.15) is 49.7 Å². The molecule has 0 amide bonds. The van der Waals surface area contributed by atoms with Crippen LogP contribution in [-0.4, -0.2) is 27.5 Å². The lowest BCUT2D eigenvalue weighted by atomic mass is 9.55. The smallest absolute Gasteiger partial charge is 0.115 e. The molecule has 0 aromatic heterocycles. The van der Waals surface area contributed by atoms with Crippen LogP contribution in [0.4, 0.5) is 0 Å². The van der Waals surface area contributed by atoms with Crippen molar-refractivity contribution in [1.82, 2.24) is 0 Å². The maximum absolute atomic E-state index is 10.4. The molecule has 0 radical (unpaired) electrons. The fraction of sp³-hybridized carbons (Fsp3) is 0.667. The number of aliphatic hydroxyl groups is 2. The Labute approximate surface area is 125 Å². The maximum Gasteiger partial charge on any atom is 0.115 e. The van der Waals surface area contributed by atoms with Crippen molar-refractivity contribution in [1.29, 1.82) is 0 Å². The molecular formula is C18H24O3. The highest BCUT2D eigenvalue weighted by molar-refractivity contribution is 5.40. The summed E-state index contributed by atoms with van der Waals surface area (Å²) in [6.07, 6.45) is 3.80. The molecule has 2 fully saturated rings. The van der Waals surface area contributed by atoms with Gasteiger partial charge in [-0.25, -0.2) is 0 Å². The van der Waals surface area contributed by atoms with E-state index in [1.165, 1.54) is 11.1 Å². The molecule has 114 valence electrons. The van der Waals surface area contributed by atoms with E-state index in [9.17, 15) is 15.3 Å². The Morgan fingerprint density at radius 3 is 2.81 bits per heavy atom. The van der Waals surface area contributed by atoms with Gasteiger partial charge in [-0.15, -0.1) is 0 Å². The van der Waals surface area contributed by atoms with Crippen LogP contribution in [0.2, 0.25) is 0 Å². The Hall–Kier alpha value is -1.06. The minimum atomic E-state index is -0.565. The number of phenols is 1. The predicted octanol–water partition coefficient (Wildman–Crippen LogP) is 2.58. The zero-order valence-electron chi connectivity index (χ0n) is 12.5. The molecule has 2 unspecified atom stereocenters. The summed E-state index contributed by atoms with van der Waals surface area (Å²) in [5, 5.41) is 30.2. The summed E-state index contributed by atoms with van der Waals surface area (Å²) >= 11 is 0. The first-order chi connectivity index (χ1) is 10.0. The fourth-order valence-corrected chi connectivity index (χ4v) is 5.56. The van der Waals surface area contributed by atoms with Crippen LogP contribution < -0.4 is 0 Å². The first-order valence-corrected chi connectivity index (χ1v) is 8.18. The summed E-state index contributed by atoms with van der Waals surface area (Å²) in [5.74, 6) is 1.88. The molecule has 0 saturated heterocycles. The van der Waals surface area contributed by atoms with Crippen LogP contribution in [0, 0.1) is 17.3 Å². The van der Waals surface area contributed by atoms with Gasteiger partial charge in [0, 0.05) is 0 Å². The molecule has 4 rings (SSSR count). The third-order valence-electron chi connectivity index (χ3n) is 6.68. The monoisotopic (exact) mass is 288 g/mol. The van der Waals surface area contributed by atoms with Crippen LogP contribution in [-0.2, 0) is 6.42 Å². The summed E-state index contributed by atoms with van der Waals surface area (Å²) in [6, 6.07) is 5.80. The van der Waals surface area contributed by atoms with Gasteiger partial charge in [-0.2, -0.15) is 0 Å². The van der Waals surface area contributed by atoms with Gasteiger partial charge in [0.2, 0.25) is 0 Å². The molecule has 0 bridgehead atoms. The summed E-state index contributed by atoms with van der Waals surface area (Å²) < 4.78 is 0. The molecule has 3 heteroatoms. The van der Waals surface area contributed by atoms with Gasteiger partial charge >= 0.3 is 0 Å². The number of phenolic OH excluding ortho intramolecular Hbond substituents is 1. The third kappa shape index (κ3) is 1.80. The molecule has 1 aromatic rings. The van der Waals surface area contributed by atoms with Crippen LogP contribution in [0.15, 0.2) is 18.2 Å². The number of rotatable bonds is 0. The fourth-order valence-electron chi connectivity index (χ4n) is 5.56. The lowest BCUT2D eigenvalue weighted by molar-refractivity contribution is -0.0505. The summed E-state index contributed by atoms with van der Waals surface area (Å²) in [4.78, 5) is 0. The Morgan fingerprint density at radius 1 is 1.19 bits per heavy atom. The van der Waals surface area contributed by atoms with Gasteiger partial charge in [-0.3, -0.25) is 0 Å². The first kappa shape index (κ1) is 13.6. The third-order valence-corrected chi connectivity index (χ3v) is 6.68. The SMILES string of the molecule is C[C@]12CC[C@@H]3c4ccc(O)cc4CC[C@H]3[C@@H]1CC(O)C2O. The Balaban J connectivity index is 1.71. The second-order valence-electron chi connectivity index (χ2n) is 7.59. The summed E-state index contributed by atoms with van der Waals surface area (Å²) in [6.45, 7) is 2.17. The van der Waals surface area contributed by atoms with Crippen molar-refractivity contribution in [2.75, 3.05) is 0 Å². The molecule has 21 heavy (non-hydrogen) atoms. The van der Waals surface area contributed by atoms with Gasteiger partial charge in [0.05, 0.1) is 12.2 Å². The minimum absolute atomic E-state index is 0.116. The topological polar surface area (TPSA) is 60.7 Å². The van der Waals surface area contributed by atoms with Crippen molar-refractivity contribution >= 4 is 0 Å². The quantitative estimate of drug-likeness (QED) is 0.687. The number of aryl methyl sites for hydroxylation is 1. The molecule has 0 heterocycles. The Bertz CT molecular complexity index is 570. The average molecular weight is 288 g/mol. The second-order valence-corrected chi connectivity index (χ2v) is 7.59. The van der Waals surface area contributed by atoms with Crippen molar-refractivity contribution in [3.63, 3.8) is 0 Å². The standard InChI is InChI=1S/C18H24O3/c1-18-7-6-13-12-5-3-11(19)8-10(12)2-4-14(13)15(18)9-16(20)17(18)21/h3,5,8,13-17,19-21H,2,4,6-7,9H2,1H3/t13-,14-,15+,16?,17?,18+/m1/s1. The van der Waals surface area contributed by atoms with E-state index in [4.69, 9.17) is 0 Å². The van der Waals surface area contributed by atoms with Crippen LogP contribution in [0.25, 0.3) is 0 Å². The molecule has 3 nitrogen and oxygen atoms in total. The molecule has 0 spiro atoms. The highest BCUT2D eigenvalue weighted by Crippen LogP contribution is 2.60. The van der Waals surface area contributed by atoms with Crippen LogP contribution >= 0.6 is 0 Å². The van der Waals surface area contributed by atoms with Crippen molar-refractivity contribution in [3.8, 4) is 5.75 Å². The Kier molecular flexibility index (Phi) is 2.89. The molecule has 2 saturated carbocycles. The number of aromatic hydroxyl groups is 1. The maximum atomic E-state index is 10.4. The average Bonchev–Trinajstić information content (AvgIpc) is 2.70. The number of hydrogen-bond acceptors (Lipinski definition) is 3. The predicted molar refractivity (Wildman–Crippen MR) is 80.1 cm³/mol. The first-order valence-electron chi connectivity index (χ1n) is 8.18. The molecule has 1 aromatic carbocycles. The van der Waals surface area contributed by atoms with Crippen LogP contribution in [0.5, 0.6) is 5.75 Å². The zero-order chi connectivity index (χ0) is 14.8. The van der Waals surface area contributed by atoms with Crippen molar-refractivity contribution in [2.45, 2.75) is 57.2 Å². The number of fused-ring (bicyclic) bond motifs is 5. The van der Waals surface area contributed by atoms with E-state index < -0.39 is 12.2 Å². The number of benzene rings is 1. The van der Waals surface area contributed by atoms with Crippen molar-refractivity contribution in [3.05, 3.63) is 29.3 Å². The molecule has 3 aliphatic carbocycles. The molecule has 3 N–H and O–H groups in total. The summed E-state index contributed by atoms with van der Waals surface area (Å²) in [7, 11) is 0. The highest BCUT2D eigenvalue weighted by atomic mass is 16.3. The van der Waals surface area contributed by atoms with E-state index in [-0.39, 0.29) is 5.41 Å². The number of hydrogen-bond donors (Lipinski definition) is 3.